The number of rotatable bonds is 7. The van der Waals surface area contributed by atoms with E-state index in [1.807, 2.05) is 42.5 Å². The Morgan fingerprint density at radius 2 is 1.71 bits per heavy atom. The van der Waals surface area contributed by atoms with Gasteiger partial charge in [-0.2, -0.15) is 0 Å². The average Bonchev–Trinajstić information content (AvgIpc) is 2.79. The summed E-state index contributed by atoms with van der Waals surface area (Å²) in [5.74, 6) is 1.31. The van der Waals surface area contributed by atoms with E-state index in [2.05, 4.69) is 43.0 Å². The minimum atomic E-state index is -0.0726. The maximum atomic E-state index is 12.5. The number of hydrogen-bond donors (Lipinski definition) is 0. The number of methoxy groups -OCH3 is 1. The van der Waals surface area contributed by atoms with Gasteiger partial charge in [0, 0.05) is 24.5 Å². The van der Waals surface area contributed by atoms with Gasteiger partial charge in [0.05, 0.1) is 19.3 Å². The fourth-order valence-electron chi connectivity index (χ4n) is 3.64. The Labute approximate surface area is 182 Å². The minimum Gasteiger partial charge on any atom is -0.497 e. The second-order valence-electron chi connectivity index (χ2n) is 7.96. The van der Waals surface area contributed by atoms with Gasteiger partial charge in [-0.1, -0.05) is 44.2 Å². The maximum absolute atomic E-state index is 12.5. The SMILES string of the molecule is COc1ccc(N(Cc2ccc(C(C)C)cc2)Cc2cc(=O)n3ccccc3n2)cc1. The Morgan fingerprint density at radius 3 is 2.39 bits per heavy atom. The molecule has 0 saturated heterocycles. The molecular weight excluding hydrogens is 386 g/mol. The topological polar surface area (TPSA) is 46.8 Å². The predicted octanol–water partition coefficient (Wildman–Crippen LogP) is 5.03. The van der Waals surface area contributed by atoms with Crippen LogP contribution in [-0.4, -0.2) is 16.5 Å². The van der Waals surface area contributed by atoms with Crippen LogP contribution in [0.3, 0.4) is 0 Å². The fraction of sp³-hybridized carbons (Fsp3) is 0.231. The van der Waals surface area contributed by atoms with Crippen molar-refractivity contribution in [2.45, 2.75) is 32.9 Å². The van der Waals surface area contributed by atoms with Crippen molar-refractivity contribution >= 4 is 11.3 Å². The summed E-state index contributed by atoms with van der Waals surface area (Å²) in [6.07, 6.45) is 1.74. The molecule has 0 aliphatic heterocycles. The summed E-state index contributed by atoms with van der Waals surface area (Å²) in [6, 6.07) is 23.9. The molecule has 4 aromatic rings. The van der Waals surface area contributed by atoms with E-state index in [9.17, 15) is 4.79 Å². The van der Waals surface area contributed by atoms with Crippen LogP contribution in [0.15, 0.2) is 83.8 Å². The molecule has 2 aromatic carbocycles. The van der Waals surface area contributed by atoms with E-state index in [0.717, 1.165) is 17.1 Å². The zero-order valence-electron chi connectivity index (χ0n) is 18.2. The summed E-state index contributed by atoms with van der Waals surface area (Å²) in [6.45, 7) is 5.63. The van der Waals surface area contributed by atoms with Gasteiger partial charge in [0.25, 0.3) is 5.56 Å². The van der Waals surface area contributed by atoms with Crippen LogP contribution in [0.5, 0.6) is 5.75 Å². The molecule has 0 fully saturated rings. The number of anilines is 1. The van der Waals surface area contributed by atoms with E-state index in [1.165, 1.54) is 11.1 Å². The van der Waals surface area contributed by atoms with Gasteiger partial charge in [-0.25, -0.2) is 4.98 Å². The number of fused-ring (bicyclic) bond motifs is 1. The molecule has 0 atom stereocenters. The van der Waals surface area contributed by atoms with Crippen molar-refractivity contribution < 1.29 is 4.74 Å². The largest absolute Gasteiger partial charge is 0.497 e. The molecule has 0 radical (unpaired) electrons. The van der Waals surface area contributed by atoms with Gasteiger partial charge in [0.15, 0.2) is 0 Å². The first-order valence-electron chi connectivity index (χ1n) is 10.5. The van der Waals surface area contributed by atoms with Crippen LogP contribution in [0, 0.1) is 0 Å². The maximum Gasteiger partial charge on any atom is 0.258 e. The lowest BCUT2D eigenvalue weighted by Gasteiger charge is -2.25. The molecule has 0 saturated carbocycles. The van der Waals surface area contributed by atoms with Gasteiger partial charge < -0.3 is 9.64 Å². The molecule has 0 bridgehead atoms. The number of hydrogen-bond acceptors (Lipinski definition) is 4. The molecule has 2 aromatic heterocycles. The third kappa shape index (κ3) is 4.77. The van der Waals surface area contributed by atoms with Crippen LogP contribution in [0.25, 0.3) is 5.65 Å². The van der Waals surface area contributed by atoms with Gasteiger partial charge in [0.1, 0.15) is 11.4 Å². The molecule has 0 unspecified atom stereocenters. The van der Waals surface area contributed by atoms with Crippen LogP contribution in [0.1, 0.15) is 36.6 Å². The first-order valence-corrected chi connectivity index (χ1v) is 10.5. The monoisotopic (exact) mass is 413 g/mol. The van der Waals surface area contributed by atoms with Crippen molar-refractivity contribution in [2.24, 2.45) is 0 Å². The highest BCUT2D eigenvalue weighted by Crippen LogP contribution is 2.24. The van der Waals surface area contributed by atoms with E-state index in [-0.39, 0.29) is 5.56 Å². The highest BCUT2D eigenvalue weighted by atomic mass is 16.5. The van der Waals surface area contributed by atoms with Crippen molar-refractivity contribution in [2.75, 3.05) is 12.0 Å². The standard InChI is InChI=1S/C26H27N3O2/c1-19(2)21-9-7-20(8-10-21)17-28(23-11-13-24(31-3)14-12-23)18-22-16-26(30)29-15-5-4-6-25(29)27-22/h4-16,19H,17-18H2,1-3H3. The van der Waals surface area contributed by atoms with Crippen LogP contribution in [0.2, 0.25) is 0 Å². The minimum absolute atomic E-state index is 0.0726. The van der Waals surface area contributed by atoms with Crippen molar-refractivity contribution in [1.29, 1.82) is 0 Å². The highest BCUT2D eigenvalue weighted by Gasteiger charge is 2.12. The molecule has 5 heteroatoms. The molecule has 0 amide bonds. The Kier molecular flexibility index (Phi) is 6.03. The Bertz CT molecular complexity index is 1210. The quantitative estimate of drug-likeness (QED) is 0.426. The van der Waals surface area contributed by atoms with E-state index >= 15 is 0 Å². The molecule has 0 N–H and O–H groups in total. The van der Waals surface area contributed by atoms with Gasteiger partial charge >= 0.3 is 0 Å². The van der Waals surface area contributed by atoms with Crippen molar-refractivity contribution in [1.82, 2.24) is 9.38 Å². The lowest BCUT2D eigenvalue weighted by atomic mass is 10.0. The van der Waals surface area contributed by atoms with E-state index < -0.39 is 0 Å². The number of benzene rings is 2. The molecule has 0 aliphatic carbocycles. The fourth-order valence-corrected chi connectivity index (χ4v) is 3.64. The molecule has 2 heterocycles. The number of nitrogens with zero attached hydrogens (tertiary/aromatic N) is 3. The molecule has 31 heavy (non-hydrogen) atoms. The first kappa shape index (κ1) is 20.7. The van der Waals surface area contributed by atoms with Crippen LogP contribution in [-0.2, 0) is 13.1 Å². The predicted molar refractivity (Wildman–Crippen MR) is 125 cm³/mol. The van der Waals surface area contributed by atoms with Gasteiger partial charge in [-0.3, -0.25) is 9.20 Å². The molecule has 5 nitrogen and oxygen atoms in total. The number of ether oxygens (including phenoxy) is 1. The second kappa shape index (κ2) is 9.04. The van der Waals surface area contributed by atoms with E-state index in [4.69, 9.17) is 9.72 Å². The van der Waals surface area contributed by atoms with Gasteiger partial charge in [0.2, 0.25) is 0 Å². The number of aromatic nitrogens is 2. The first-order chi connectivity index (χ1) is 15.0. The summed E-state index contributed by atoms with van der Waals surface area (Å²) in [7, 11) is 1.66. The van der Waals surface area contributed by atoms with Crippen LogP contribution in [0.4, 0.5) is 5.69 Å². The van der Waals surface area contributed by atoms with Crippen molar-refractivity contribution in [3.05, 3.63) is 106 Å². The zero-order valence-corrected chi connectivity index (χ0v) is 18.2. The molecule has 4 rings (SSSR count). The highest BCUT2D eigenvalue weighted by molar-refractivity contribution is 5.50. The lowest BCUT2D eigenvalue weighted by molar-refractivity contribution is 0.415. The Hall–Kier alpha value is -3.60. The Balaban J connectivity index is 1.67. The van der Waals surface area contributed by atoms with Crippen LogP contribution >= 0.6 is 0 Å². The summed E-state index contributed by atoms with van der Waals surface area (Å²) in [4.78, 5) is 19.5. The zero-order chi connectivity index (χ0) is 21.8. The third-order valence-corrected chi connectivity index (χ3v) is 5.43. The average molecular weight is 414 g/mol. The van der Waals surface area contributed by atoms with E-state index in [1.54, 1.807) is 23.8 Å². The molecule has 0 spiro atoms. The van der Waals surface area contributed by atoms with Crippen molar-refractivity contribution in [3.8, 4) is 5.75 Å². The summed E-state index contributed by atoms with van der Waals surface area (Å²) in [5.41, 5.74) is 4.90. The number of pyridine rings is 1. The van der Waals surface area contributed by atoms with Crippen LogP contribution < -0.4 is 15.2 Å². The van der Waals surface area contributed by atoms with E-state index in [0.29, 0.717) is 24.7 Å². The molecule has 158 valence electrons. The second-order valence-corrected chi connectivity index (χ2v) is 7.96. The third-order valence-electron chi connectivity index (χ3n) is 5.43. The van der Waals surface area contributed by atoms with Crippen molar-refractivity contribution in [3.63, 3.8) is 0 Å². The van der Waals surface area contributed by atoms with Gasteiger partial charge in [-0.15, -0.1) is 0 Å². The Morgan fingerprint density at radius 1 is 0.968 bits per heavy atom. The molecule has 0 aliphatic rings. The summed E-state index contributed by atoms with van der Waals surface area (Å²) >= 11 is 0. The normalized spacial score (nSPS) is 11.1. The lowest BCUT2D eigenvalue weighted by Crippen LogP contribution is -2.25. The molecular formula is C26H27N3O2. The summed E-state index contributed by atoms with van der Waals surface area (Å²) in [5, 5.41) is 0. The van der Waals surface area contributed by atoms with Gasteiger partial charge in [-0.05, 0) is 53.4 Å². The smallest absolute Gasteiger partial charge is 0.258 e. The summed E-state index contributed by atoms with van der Waals surface area (Å²) < 4.78 is 6.87.